The number of thiophene rings is 1. The lowest BCUT2D eigenvalue weighted by atomic mass is 10.1. The number of amides is 3. The molecule has 4 rings (SSSR count). The lowest BCUT2D eigenvalue weighted by molar-refractivity contribution is 0.101. The molecule has 0 atom stereocenters. The average molecular weight is 483 g/mol. The Bertz CT molecular complexity index is 1260. The molecular weight excluding hydrogens is 468 g/mol. The van der Waals surface area contributed by atoms with Crippen molar-refractivity contribution in [2.45, 2.75) is 0 Å². The second-order valence-electron chi connectivity index (χ2n) is 6.45. The maximum absolute atomic E-state index is 12.7. The van der Waals surface area contributed by atoms with Gasteiger partial charge in [-0.25, -0.2) is 4.98 Å². The van der Waals surface area contributed by atoms with Crippen molar-refractivity contribution in [3.8, 4) is 0 Å². The molecule has 0 aliphatic rings. The van der Waals surface area contributed by atoms with Gasteiger partial charge in [-0.15, -0.1) is 22.7 Å². The van der Waals surface area contributed by atoms with E-state index < -0.39 is 0 Å². The Morgan fingerprint density at radius 1 is 0.781 bits per heavy atom. The number of hydrogen-bond acceptors (Lipinski definition) is 6. The highest BCUT2D eigenvalue weighted by Gasteiger charge is 2.14. The van der Waals surface area contributed by atoms with Gasteiger partial charge in [0.2, 0.25) is 0 Å². The van der Waals surface area contributed by atoms with Gasteiger partial charge in [-0.05, 0) is 53.9 Å². The molecule has 0 saturated carbocycles. The van der Waals surface area contributed by atoms with Crippen molar-refractivity contribution < 1.29 is 14.4 Å². The van der Waals surface area contributed by atoms with E-state index in [2.05, 4.69) is 20.9 Å². The van der Waals surface area contributed by atoms with E-state index in [1.807, 2.05) is 0 Å². The normalized spacial score (nSPS) is 10.4. The summed E-state index contributed by atoms with van der Waals surface area (Å²) in [5.74, 6) is -0.971. The average Bonchev–Trinajstić information content (AvgIpc) is 3.50. The summed E-state index contributed by atoms with van der Waals surface area (Å²) in [5, 5.41) is 12.6. The Hall–Kier alpha value is -3.53. The van der Waals surface area contributed by atoms with Gasteiger partial charge in [-0.1, -0.05) is 17.7 Å². The molecule has 0 fully saturated rings. The number of hydrogen-bond donors (Lipinski definition) is 3. The highest BCUT2D eigenvalue weighted by Crippen LogP contribution is 2.25. The van der Waals surface area contributed by atoms with Gasteiger partial charge < -0.3 is 10.6 Å². The molecule has 2 heterocycles. The zero-order valence-corrected chi connectivity index (χ0v) is 18.7. The Balaban J connectivity index is 1.42. The fourth-order valence-electron chi connectivity index (χ4n) is 2.72. The zero-order valence-electron chi connectivity index (χ0n) is 16.3. The third kappa shape index (κ3) is 5.20. The monoisotopic (exact) mass is 482 g/mol. The van der Waals surface area contributed by atoms with Crippen molar-refractivity contribution in [3.05, 3.63) is 92.6 Å². The van der Waals surface area contributed by atoms with Crippen LogP contribution in [0.25, 0.3) is 0 Å². The van der Waals surface area contributed by atoms with E-state index in [-0.39, 0.29) is 17.7 Å². The number of rotatable bonds is 6. The van der Waals surface area contributed by atoms with Gasteiger partial charge in [0, 0.05) is 28.4 Å². The van der Waals surface area contributed by atoms with Crippen molar-refractivity contribution in [1.82, 2.24) is 4.98 Å². The minimum atomic E-state index is -0.381. The third-order valence-corrected chi connectivity index (χ3v) is 6.17. The van der Waals surface area contributed by atoms with Crippen LogP contribution in [0.2, 0.25) is 5.02 Å². The largest absolute Gasteiger partial charge is 0.322 e. The SMILES string of the molecule is O=C(Nc1ccc(C(=O)Nc2nccs2)cc1)c1ccc(Cl)c(NC(=O)c2cccs2)c1. The predicted molar refractivity (Wildman–Crippen MR) is 128 cm³/mol. The zero-order chi connectivity index (χ0) is 22.5. The molecule has 4 aromatic rings. The molecule has 0 bridgehead atoms. The number of carbonyl (C=O) groups is 3. The van der Waals surface area contributed by atoms with Gasteiger partial charge >= 0.3 is 0 Å². The van der Waals surface area contributed by atoms with Gasteiger partial charge in [0.15, 0.2) is 5.13 Å². The number of nitrogens with zero attached hydrogens (tertiary/aromatic N) is 1. The van der Waals surface area contributed by atoms with E-state index in [9.17, 15) is 14.4 Å². The third-order valence-electron chi connectivity index (χ3n) is 4.28. The summed E-state index contributed by atoms with van der Waals surface area (Å²) in [6.45, 7) is 0. The standard InChI is InChI=1S/C22H15ClN4O3S2/c23-16-8-5-14(12-17(16)26-21(30)18-2-1-10-31-18)20(29)25-15-6-3-13(4-7-15)19(28)27-22-24-9-11-32-22/h1-12H,(H,25,29)(H,26,30)(H,24,27,28). The van der Waals surface area contributed by atoms with Crippen molar-refractivity contribution in [2.75, 3.05) is 16.0 Å². The fraction of sp³-hybridized carbons (Fsp3) is 0. The van der Waals surface area contributed by atoms with Crippen molar-refractivity contribution in [1.29, 1.82) is 0 Å². The summed E-state index contributed by atoms with van der Waals surface area (Å²) in [7, 11) is 0. The topological polar surface area (TPSA) is 100 Å². The Morgan fingerprint density at radius 3 is 2.22 bits per heavy atom. The first-order chi connectivity index (χ1) is 15.5. The van der Waals surface area contributed by atoms with Crippen LogP contribution in [0.3, 0.4) is 0 Å². The molecule has 0 radical (unpaired) electrons. The molecule has 0 spiro atoms. The molecule has 0 aliphatic carbocycles. The van der Waals surface area contributed by atoms with Crippen LogP contribution in [0.4, 0.5) is 16.5 Å². The van der Waals surface area contributed by atoms with Crippen LogP contribution in [-0.2, 0) is 0 Å². The minimum Gasteiger partial charge on any atom is -0.322 e. The van der Waals surface area contributed by atoms with E-state index in [4.69, 9.17) is 11.6 Å². The second-order valence-corrected chi connectivity index (χ2v) is 8.70. The number of carbonyl (C=O) groups excluding carboxylic acids is 3. The Labute approximate surface area is 196 Å². The van der Waals surface area contributed by atoms with Crippen LogP contribution in [0, 0.1) is 0 Å². The maximum atomic E-state index is 12.7. The molecular formula is C22H15ClN4O3S2. The highest BCUT2D eigenvalue weighted by molar-refractivity contribution is 7.13. The summed E-state index contributed by atoms with van der Waals surface area (Å²) in [6.07, 6.45) is 1.61. The van der Waals surface area contributed by atoms with Gasteiger partial charge in [-0.2, -0.15) is 0 Å². The van der Waals surface area contributed by atoms with Crippen LogP contribution in [0.1, 0.15) is 30.4 Å². The highest BCUT2D eigenvalue weighted by atomic mass is 35.5. The first-order valence-electron chi connectivity index (χ1n) is 9.26. The van der Waals surface area contributed by atoms with Gasteiger partial charge in [-0.3, -0.25) is 19.7 Å². The molecule has 0 saturated heterocycles. The number of thiazole rings is 1. The van der Waals surface area contributed by atoms with E-state index >= 15 is 0 Å². The van der Waals surface area contributed by atoms with Crippen LogP contribution in [0.5, 0.6) is 0 Å². The first kappa shape index (κ1) is 21.7. The number of nitrogens with one attached hydrogen (secondary N) is 3. The summed E-state index contributed by atoms with van der Waals surface area (Å²) in [5.41, 5.74) is 1.61. The molecule has 3 N–H and O–H groups in total. The smallest absolute Gasteiger partial charge is 0.265 e. The fourth-order valence-corrected chi connectivity index (χ4v) is 4.02. The second kappa shape index (κ2) is 9.73. The van der Waals surface area contributed by atoms with E-state index in [1.165, 1.54) is 28.7 Å². The lowest BCUT2D eigenvalue weighted by Gasteiger charge is -2.10. The number of anilines is 3. The number of benzene rings is 2. The molecule has 160 valence electrons. The van der Waals surface area contributed by atoms with Crippen molar-refractivity contribution in [2.24, 2.45) is 0 Å². The molecule has 0 unspecified atom stereocenters. The van der Waals surface area contributed by atoms with Crippen LogP contribution < -0.4 is 16.0 Å². The van der Waals surface area contributed by atoms with Gasteiger partial charge in [0.05, 0.1) is 15.6 Å². The van der Waals surface area contributed by atoms with Gasteiger partial charge in [0.1, 0.15) is 0 Å². The summed E-state index contributed by atoms with van der Waals surface area (Å²) in [6, 6.07) is 14.6. The van der Waals surface area contributed by atoms with Crippen molar-refractivity contribution in [3.63, 3.8) is 0 Å². The molecule has 10 heteroatoms. The molecule has 0 aliphatic heterocycles. The quantitative estimate of drug-likeness (QED) is 0.332. The van der Waals surface area contributed by atoms with E-state index in [0.717, 1.165) is 0 Å². The molecule has 3 amide bonds. The first-order valence-corrected chi connectivity index (χ1v) is 11.4. The predicted octanol–water partition coefficient (Wildman–Crippen LogP) is 5.61. The number of aromatic nitrogens is 1. The summed E-state index contributed by atoms with van der Waals surface area (Å²) < 4.78 is 0. The van der Waals surface area contributed by atoms with Gasteiger partial charge in [0.25, 0.3) is 17.7 Å². The molecule has 2 aromatic heterocycles. The van der Waals surface area contributed by atoms with Crippen LogP contribution in [0.15, 0.2) is 71.6 Å². The van der Waals surface area contributed by atoms with Crippen molar-refractivity contribution >= 4 is 68.5 Å². The maximum Gasteiger partial charge on any atom is 0.265 e. The Kier molecular flexibility index (Phi) is 6.60. The minimum absolute atomic E-state index is 0.290. The van der Waals surface area contributed by atoms with Crippen LogP contribution in [-0.4, -0.2) is 22.7 Å². The molecule has 2 aromatic carbocycles. The molecule has 7 nitrogen and oxygen atoms in total. The summed E-state index contributed by atoms with van der Waals surface area (Å²) in [4.78, 5) is 41.7. The lowest BCUT2D eigenvalue weighted by Crippen LogP contribution is -2.15. The van der Waals surface area contributed by atoms with E-state index in [1.54, 1.807) is 65.5 Å². The van der Waals surface area contributed by atoms with E-state index in [0.29, 0.717) is 37.5 Å². The summed E-state index contributed by atoms with van der Waals surface area (Å²) >= 11 is 8.81. The Morgan fingerprint density at radius 2 is 1.53 bits per heavy atom. The molecule has 32 heavy (non-hydrogen) atoms. The van der Waals surface area contributed by atoms with Crippen LogP contribution >= 0.6 is 34.3 Å². The number of halogens is 1.